The minimum absolute atomic E-state index is 0.221. The Balaban J connectivity index is 1.86. The van der Waals surface area contributed by atoms with E-state index < -0.39 is 0 Å². The van der Waals surface area contributed by atoms with E-state index in [-0.39, 0.29) is 5.54 Å². The molecule has 0 spiro atoms. The van der Waals surface area contributed by atoms with Gasteiger partial charge in [0.25, 0.3) is 0 Å². The zero-order valence-electron chi connectivity index (χ0n) is 15.0. The summed E-state index contributed by atoms with van der Waals surface area (Å²) in [5, 5.41) is 3.72. The second kappa shape index (κ2) is 6.97. The third kappa shape index (κ3) is 5.22. The summed E-state index contributed by atoms with van der Waals surface area (Å²) in [5.41, 5.74) is 0.614. The van der Waals surface area contributed by atoms with Crippen LogP contribution >= 0.6 is 0 Å². The van der Waals surface area contributed by atoms with Gasteiger partial charge in [0, 0.05) is 44.3 Å². The molecule has 0 aromatic heterocycles. The molecule has 124 valence electrons. The van der Waals surface area contributed by atoms with Gasteiger partial charge in [0.1, 0.15) is 0 Å². The lowest BCUT2D eigenvalue weighted by atomic mass is 9.85. The van der Waals surface area contributed by atoms with E-state index in [2.05, 4.69) is 49.7 Å². The summed E-state index contributed by atoms with van der Waals surface area (Å²) in [5.74, 6) is 0. The van der Waals surface area contributed by atoms with E-state index in [1.807, 2.05) is 0 Å². The highest BCUT2D eigenvalue weighted by molar-refractivity contribution is 4.89. The predicted molar refractivity (Wildman–Crippen MR) is 91.8 cm³/mol. The van der Waals surface area contributed by atoms with Gasteiger partial charge in [0.15, 0.2) is 0 Å². The van der Waals surface area contributed by atoms with Crippen molar-refractivity contribution in [1.82, 2.24) is 15.1 Å². The van der Waals surface area contributed by atoms with Crippen molar-refractivity contribution in [2.75, 3.05) is 39.3 Å². The van der Waals surface area contributed by atoms with Crippen LogP contribution in [0, 0.1) is 5.41 Å². The van der Waals surface area contributed by atoms with Crippen LogP contribution in [-0.2, 0) is 0 Å². The molecule has 3 heteroatoms. The second-order valence-corrected chi connectivity index (χ2v) is 8.69. The molecule has 1 N–H and O–H groups in total. The Bertz CT molecular complexity index is 323. The third-order valence-corrected chi connectivity index (χ3v) is 5.43. The molecule has 2 fully saturated rings. The van der Waals surface area contributed by atoms with E-state index in [9.17, 15) is 0 Å². The lowest BCUT2D eigenvalue weighted by molar-refractivity contribution is 0.0267. The lowest BCUT2D eigenvalue weighted by Gasteiger charge is -2.46. The Labute approximate surface area is 132 Å². The van der Waals surface area contributed by atoms with Crippen molar-refractivity contribution in [3.8, 4) is 0 Å². The molecule has 2 saturated heterocycles. The van der Waals surface area contributed by atoms with Gasteiger partial charge in [-0.05, 0) is 52.0 Å². The number of hydrogen-bond donors (Lipinski definition) is 1. The lowest BCUT2D eigenvalue weighted by Crippen LogP contribution is -2.57. The molecule has 0 radical (unpaired) electrons. The third-order valence-electron chi connectivity index (χ3n) is 5.43. The fourth-order valence-corrected chi connectivity index (χ4v) is 3.68. The second-order valence-electron chi connectivity index (χ2n) is 8.69. The molecule has 0 saturated carbocycles. The van der Waals surface area contributed by atoms with Gasteiger partial charge >= 0.3 is 0 Å². The number of nitrogens with one attached hydrogen (secondary N) is 1. The Morgan fingerprint density at radius 2 is 1.81 bits per heavy atom. The smallest absolute Gasteiger partial charge is 0.0223 e. The van der Waals surface area contributed by atoms with Gasteiger partial charge in [0.05, 0.1) is 0 Å². The molecular weight excluding hydrogens is 258 g/mol. The standard InChI is InChI=1S/C18H37N3/c1-6-18(5,14-19-17(2,3)4)15-20-11-12-21-10-8-7-9-16(21)13-20/h16,19H,6-15H2,1-5H3. The fraction of sp³-hybridized carbons (Fsp3) is 1.00. The summed E-state index contributed by atoms with van der Waals surface area (Å²) in [6, 6.07) is 0.837. The molecule has 2 atom stereocenters. The van der Waals surface area contributed by atoms with E-state index in [0.29, 0.717) is 5.41 Å². The highest BCUT2D eigenvalue weighted by atomic mass is 15.3. The van der Waals surface area contributed by atoms with Crippen molar-refractivity contribution < 1.29 is 0 Å². The summed E-state index contributed by atoms with van der Waals surface area (Å²) in [6.07, 6.45) is 5.52. The van der Waals surface area contributed by atoms with Gasteiger partial charge in [-0.15, -0.1) is 0 Å². The molecule has 2 unspecified atom stereocenters. The first-order valence-electron chi connectivity index (χ1n) is 9.03. The Morgan fingerprint density at radius 1 is 1.05 bits per heavy atom. The van der Waals surface area contributed by atoms with Crippen LogP contribution in [0.1, 0.15) is 60.3 Å². The first-order chi connectivity index (χ1) is 9.81. The Kier molecular flexibility index (Phi) is 5.72. The van der Waals surface area contributed by atoms with Crippen LogP contribution in [0.4, 0.5) is 0 Å². The number of rotatable bonds is 5. The van der Waals surface area contributed by atoms with Crippen LogP contribution in [0.5, 0.6) is 0 Å². The summed E-state index contributed by atoms with van der Waals surface area (Å²) in [6.45, 7) is 19.2. The van der Waals surface area contributed by atoms with Gasteiger partial charge in [-0.25, -0.2) is 0 Å². The van der Waals surface area contributed by atoms with Crippen molar-refractivity contribution in [2.45, 2.75) is 71.9 Å². The Hall–Kier alpha value is -0.120. The summed E-state index contributed by atoms with van der Waals surface area (Å²) in [4.78, 5) is 5.47. The van der Waals surface area contributed by atoms with Gasteiger partial charge < -0.3 is 5.32 Å². The summed E-state index contributed by atoms with van der Waals surface area (Å²) < 4.78 is 0. The molecule has 2 aliphatic rings. The number of piperazine rings is 1. The van der Waals surface area contributed by atoms with Crippen molar-refractivity contribution in [2.24, 2.45) is 5.41 Å². The summed E-state index contributed by atoms with van der Waals surface area (Å²) >= 11 is 0. The van der Waals surface area contributed by atoms with Crippen LogP contribution in [-0.4, -0.2) is 60.6 Å². The SMILES string of the molecule is CCC(C)(CNC(C)(C)C)CN1CCN2CCCCC2C1. The molecule has 2 rings (SSSR count). The maximum atomic E-state index is 3.72. The normalized spacial score (nSPS) is 28.1. The maximum Gasteiger partial charge on any atom is 0.0223 e. The van der Waals surface area contributed by atoms with E-state index in [1.54, 1.807) is 0 Å². The molecule has 0 amide bonds. The largest absolute Gasteiger partial charge is 0.311 e. The minimum atomic E-state index is 0.221. The van der Waals surface area contributed by atoms with Crippen LogP contribution in [0.2, 0.25) is 0 Å². The number of hydrogen-bond acceptors (Lipinski definition) is 3. The number of nitrogens with zero attached hydrogens (tertiary/aromatic N) is 2. The maximum absolute atomic E-state index is 3.72. The van der Waals surface area contributed by atoms with E-state index in [4.69, 9.17) is 0 Å². The van der Waals surface area contributed by atoms with Crippen molar-refractivity contribution in [3.63, 3.8) is 0 Å². The van der Waals surface area contributed by atoms with Crippen LogP contribution < -0.4 is 5.32 Å². The average Bonchev–Trinajstić information content (AvgIpc) is 2.44. The average molecular weight is 296 g/mol. The molecule has 3 nitrogen and oxygen atoms in total. The van der Waals surface area contributed by atoms with E-state index >= 15 is 0 Å². The summed E-state index contributed by atoms with van der Waals surface area (Å²) in [7, 11) is 0. The molecular formula is C18H37N3. The molecule has 0 bridgehead atoms. The number of piperidine rings is 1. The molecule has 2 heterocycles. The predicted octanol–water partition coefficient (Wildman–Crippen LogP) is 2.96. The fourth-order valence-electron chi connectivity index (χ4n) is 3.68. The quantitative estimate of drug-likeness (QED) is 0.841. The highest BCUT2D eigenvalue weighted by Crippen LogP contribution is 2.26. The van der Waals surface area contributed by atoms with Crippen molar-refractivity contribution in [1.29, 1.82) is 0 Å². The minimum Gasteiger partial charge on any atom is -0.311 e. The van der Waals surface area contributed by atoms with Crippen molar-refractivity contribution >= 4 is 0 Å². The zero-order valence-corrected chi connectivity index (χ0v) is 15.0. The van der Waals surface area contributed by atoms with Gasteiger partial charge in [-0.3, -0.25) is 9.80 Å². The molecule has 0 aromatic carbocycles. The van der Waals surface area contributed by atoms with Crippen LogP contribution in [0.25, 0.3) is 0 Å². The van der Waals surface area contributed by atoms with E-state index in [0.717, 1.165) is 12.6 Å². The monoisotopic (exact) mass is 295 g/mol. The van der Waals surface area contributed by atoms with Crippen LogP contribution in [0.3, 0.4) is 0 Å². The molecule has 0 aromatic rings. The van der Waals surface area contributed by atoms with Crippen molar-refractivity contribution in [3.05, 3.63) is 0 Å². The van der Waals surface area contributed by atoms with Gasteiger partial charge in [0.2, 0.25) is 0 Å². The zero-order chi connectivity index (χ0) is 15.5. The van der Waals surface area contributed by atoms with Gasteiger partial charge in [-0.1, -0.05) is 20.3 Å². The van der Waals surface area contributed by atoms with Crippen LogP contribution in [0.15, 0.2) is 0 Å². The highest BCUT2D eigenvalue weighted by Gasteiger charge is 2.33. The molecule has 0 aliphatic carbocycles. The first-order valence-corrected chi connectivity index (χ1v) is 9.03. The molecule has 2 aliphatic heterocycles. The topological polar surface area (TPSA) is 18.5 Å². The Morgan fingerprint density at radius 3 is 2.48 bits per heavy atom. The van der Waals surface area contributed by atoms with E-state index in [1.165, 1.54) is 58.4 Å². The van der Waals surface area contributed by atoms with Gasteiger partial charge in [-0.2, -0.15) is 0 Å². The first kappa shape index (κ1) is 17.2. The number of fused-ring (bicyclic) bond motifs is 1. The molecule has 21 heavy (non-hydrogen) atoms.